The van der Waals surface area contributed by atoms with Crippen molar-refractivity contribution in [1.82, 2.24) is 4.90 Å². The first-order valence-corrected chi connectivity index (χ1v) is 8.17. The molecule has 0 aromatic rings. The van der Waals surface area contributed by atoms with Crippen LogP contribution >= 0.6 is 0 Å². The lowest BCUT2D eigenvalue weighted by Crippen LogP contribution is -2.16. The van der Waals surface area contributed by atoms with Crippen LogP contribution in [0, 0.1) is 5.41 Å². The molecule has 0 spiro atoms. The maximum absolute atomic E-state index is 7.24. The molecule has 1 atom stereocenters. The Morgan fingerprint density at radius 3 is 2.00 bits per heavy atom. The van der Waals surface area contributed by atoms with Gasteiger partial charge in [0.1, 0.15) is 0 Å². The molecule has 0 bridgehead atoms. The van der Waals surface area contributed by atoms with E-state index in [2.05, 4.69) is 13.8 Å². The zero-order valence-corrected chi connectivity index (χ0v) is 15.4. The number of hydrogen-bond acceptors (Lipinski definition) is 1. The predicted octanol–water partition coefficient (Wildman–Crippen LogP) is 5.80. The Morgan fingerprint density at radius 1 is 1.15 bits per heavy atom. The third-order valence-corrected chi connectivity index (χ3v) is 2.94. The van der Waals surface area contributed by atoms with Crippen molar-refractivity contribution in [1.29, 1.82) is 5.41 Å². The van der Waals surface area contributed by atoms with Gasteiger partial charge in [-0.05, 0) is 26.2 Å². The molecule has 1 N–H and O–H groups in total. The maximum atomic E-state index is 7.24. The van der Waals surface area contributed by atoms with Gasteiger partial charge in [-0.25, -0.2) is 0 Å². The summed E-state index contributed by atoms with van der Waals surface area (Å²) in [4.78, 5) is 1.90. The van der Waals surface area contributed by atoms with Crippen molar-refractivity contribution in [3.8, 4) is 0 Å². The highest BCUT2D eigenvalue weighted by Crippen LogP contribution is 2.40. The van der Waals surface area contributed by atoms with E-state index in [4.69, 9.17) is 13.3 Å². The first-order chi connectivity index (χ1) is 9.46. The fraction of sp³-hybridized carbons (Fsp3) is 0.824. The van der Waals surface area contributed by atoms with Crippen LogP contribution in [0.25, 0.3) is 0 Å². The van der Waals surface area contributed by atoms with Crippen molar-refractivity contribution in [2.45, 2.75) is 86.4 Å². The highest BCUT2D eigenvalue weighted by Gasteiger charge is 2.23. The standard InChI is InChI=1S/C11H19BN2.3C2H6/c1-9-7-11(2,12)6-4-5-10(9)14(3)8-13;3*1-2/h8,13H,4-7H2,1-3H3;3*1-2H3. The third-order valence-electron chi connectivity index (χ3n) is 2.94. The van der Waals surface area contributed by atoms with E-state index in [1.807, 2.05) is 53.5 Å². The SMILES string of the molecule is CC.CC.CC.[B]C1(C)CCCC(N(C)C=N)=C(C)C1. The summed E-state index contributed by atoms with van der Waals surface area (Å²) in [7, 11) is 8.10. The van der Waals surface area contributed by atoms with Crippen molar-refractivity contribution in [3.05, 3.63) is 11.3 Å². The smallest absolute Gasteiger partial charge is 0.0856 e. The van der Waals surface area contributed by atoms with Crippen LogP contribution < -0.4 is 0 Å². The van der Waals surface area contributed by atoms with Crippen LogP contribution in [0.1, 0.15) is 81.1 Å². The van der Waals surface area contributed by atoms with Gasteiger partial charge < -0.3 is 4.90 Å². The van der Waals surface area contributed by atoms with Gasteiger partial charge in [0.25, 0.3) is 0 Å². The lowest BCUT2D eigenvalue weighted by molar-refractivity contribution is 0.540. The van der Waals surface area contributed by atoms with Crippen LogP contribution in [0.15, 0.2) is 11.3 Å². The maximum Gasteiger partial charge on any atom is 0.0856 e. The van der Waals surface area contributed by atoms with Crippen LogP contribution in [0.2, 0.25) is 5.31 Å². The molecular weight excluding hydrogens is 243 g/mol. The molecule has 20 heavy (non-hydrogen) atoms. The van der Waals surface area contributed by atoms with E-state index in [9.17, 15) is 0 Å². The molecule has 3 heteroatoms. The van der Waals surface area contributed by atoms with E-state index in [1.165, 1.54) is 17.6 Å². The number of nitrogens with one attached hydrogen (secondary N) is 1. The molecule has 0 heterocycles. The molecule has 1 unspecified atom stereocenters. The Morgan fingerprint density at radius 2 is 1.60 bits per heavy atom. The van der Waals surface area contributed by atoms with Crippen molar-refractivity contribution in [2.75, 3.05) is 7.05 Å². The van der Waals surface area contributed by atoms with E-state index in [0.717, 1.165) is 25.7 Å². The Balaban J connectivity index is -0.000000425. The molecule has 2 radical (unpaired) electrons. The van der Waals surface area contributed by atoms with Gasteiger partial charge in [0, 0.05) is 12.7 Å². The minimum Gasteiger partial charge on any atom is -0.340 e. The van der Waals surface area contributed by atoms with Gasteiger partial charge in [0.05, 0.1) is 14.2 Å². The minimum absolute atomic E-state index is 0.0608. The zero-order chi connectivity index (χ0) is 16.8. The number of rotatable bonds is 2. The molecule has 0 fully saturated rings. The van der Waals surface area contributed by atoms with E-state index in [0.29, 0.717) is 0 Å². The Bertz CT molecular complexity index is 258. The number of nitrogens with zero attached hydrogens (tertiary/aromatic N) is 1. The Hall–Kier alpha value is -0.725. The van der Waals surface area contributed by atoms with Crippen LogP contribution in [-0.2, 0) is 0 Å². The van der Waals surface area contributed by atoms with Crippen LogP contribution in [0.3, 0.4) is 0 Å². The van der Waals surface area contributed by atoms with Gasteiger partial charge in [-0.15, -0.1) is 0 Å². The first-order valence-electron chi connectivity index (χ1n) is 8.17. The van der Waals surface area contributed by atoms with Gasteiger partial charge in [-0.1, -0.05) is 65.8 Å². The van der Waals surface area contributed by atoms with Gasteiger partial charge in [-0.3, -0.25) is 5.41 Å². The summed E-state index contributed by atoms with van der Waals surface area (Å²) in [5.74, 6) is 0. The average Bonchev–Trinajstić information content (AvgIpc) is 2.61. The van der Waals surface area contributed by atoms with E-state index >= 15 is 0 Å². The van der Waals surface area contributed by atoms with Crippen LogP contribution in [0.4, 0.5) is 0 Å². The minimum atomic E-state index is -0.0608. The fourth-order valence-corrected chi connectivity index (χ4v) is 2.22. The van der Waals surface area contributed by atoms with Gasteiger partial charge in [0.2, 0.25) is 0 Å². The normalized spacial score (nSPS) is 20.9. The van der Waals surface area contributed by atoms with Crippen molar-refractivity contribution < 1.29 is 0 Å². The zero-order valence-electron chi connectivity index (χ0n) is 15.4. The molecule has 1 rings (SSSR count). The highest BCUT2D eigenvalue weighted by molar-refractivity contribution is 6.15. The molecule has 0 aliphatic heterocycles. The molecule has 0 aromatic carbocycles. The summed E-state index contributed by atoms with van der Waals surface area (Å²) >= 11 is 0. The number of allylic oxidation sites excluding steroid dienone is 2. The van der Waals surface area contributed by atoms with Crippen LogP contribution in [-0.4, -0.2) is 26.1 Å². The van der Waals surface area contributed by atoms with Crippen molar-refractivity contribution in [3.63, 3.8) is 0 Å². The summed E-state index contributed by atoms with van der Waals surface area (Å²) in [6.07, 6.45) is 5.56. The molecule has 0 amide bonds. The molecule has 2 nitrogen and oxygen atoms in total. The second-order valence-electron chi connectivity index (χ2n) is 4.65. The van der Waals surface area contributed by atoms with Crippen molar-refractivity contribution in [2.24, 2.45) is 0 Å². The Kier molecular flexibility index (Phi) is 17.8. The summed E-state index contributed by atoms with van der Waals surface area (Å²) < 4.78 is 0. The Labute approximate surface area is 129 Å². The second-order valence-corrected chi connectivity index (χ2v) is 4.65. The molecule has 1 aliphatic carbocycles. The molecule has 0 saturated heterocycles. The molecule has 0 saturated carbocycles. The monoisotopic (exact) mass is 280 g/mol. The highest BCUT2D eigenvalue weighted by atomic mass is 15.1. The number of hydrogen-bond donors (Lipinski definition) is 1. The summed E-state index contributed by atoms with van der Waals surface area (Å²) in [6, 6.07) is 0. The van der Waals surface area contributed by atoms with E-state index in [1.54, 1.807) is 0 Å². The fourth-order valence-electron chi connectivity index (χ4n) is 2.22. The topological polar surface area (TPSA) is 27.1 Å². The van der Waals surface area contributed by atoms with Crippen molar-refractivity contribution >= 4 is 14.2 Å². The molecular formula is C17H37BN2. The van der Waals surface area contributed by atoms with Gasteiger partial charge in [0.15, 0.2) is 0 Å². The third kappa shape index (κ3) is 10.1. The van der Waals surface area contributed by atoms with Gasteiger partial charge >= 0.3 is 0 Å². The summed E-state index contributed by atoms with van der Waals surface area (Å²) in [5, 5.41) is 7.18. The van der Waals surface area contributed by atoms with Gasteiger partial charge in [-0.2, -0.15) is 0 Å². The predicted molar refractivity (Wildman–Crippen MR) is 95.9 cm³/mol. The lowest BCUT2D eigenvalue weighted by Gasteiger charge is -2.23. The molecule has 1 aliphatic rings. The van der Waals surface area contributed by atoms with E-state index < -0.39 is 0 Å². The summed E-state index contributed by atoms with van der Waals surface area (Å²) in [5.41, 5.74) is 2.60. The van der Waals surface area contributed by atoms with E-state index in [-0.39, 0.29) is 5.31 Å². The molecule has 118 valence electrons. The first kappa shape index (κ1) is 24.3. The summed E-state index contributed by atoms with van der Waals surface area (Å²) in [6.45, 7) is 16.2. The molecule has 0 aromatic heterocycles. The largest absolute Gasteiger partial charge is 0.340 e. The van der Waals surface area contributed by atoms with Crippen LogP contribution in [0.5, 0.6) is 0 Å². The lowest BCUT2D eigenvalue weighted by atomic mass is 9.65. The second kappa shape index (κ2) is 14.7. The average molecular weight is 280 g/mol. The quantitative estimate of drug-likeness (QED) is 0.386.